The molecule has 1 unspecified atom stereocenters. The number of amides is 1. The van der Waals surface area contributed by atoms with Crippen molar-refractivity contribution in [2.45, 2.75) is 32.4 Å². The topological polar surface area (TPSA) is 54.0 Å². The van der Waals surface area contributed by atoms with E-state index in [1.807, 2.05) is 52.9 Å². The Balaban J connectivity index is 1.68. The summed E-state index contributed by atoms with van der Waals surface area (Å²) in [6, 6.07) is 9.85. The number of rotatable bonds is 5. The van der Waals surface area contributed by atoms with E-state index >= 15 is 0 Å². The first-order valence-electron chi connectivity index (χ1n) is 9.14. The molecule has 1 aliphatic heterocycles. The van der Waals surface area contributed by atoms with Crippen molar-refractivity contribution in [2.24, 2.45) is 0 Å². The van der Waals surface area contributed by atoms with Gasteiger partial charge in [-0.25, -0.2) is 4.98 Å². The molecule has 4 rings (SSSR count). The number of imidazole rings is 1. The minimum Gasteiger partial charge on any atom is -0.468 e. The van der Waals surface area contributed by atoms with Crippen LogP contribution in [0.15, 0.2) is 47.2 Å². The average Bonchev–Trinajstić information content (AvgIpc) is 3.41. The summed E-state index contributed by atoms with van der Waals surface area (Å²) in [4.78, 5) is 21.8. The Morgan fingerprint density at radius 3 is 2.81 bits per heavy atom. The molecular weight excluding hydrogens is 328 g/mol. The van der Waals surface area contributed by atoms with Gasteiger partial charge in [-0.2, -0.15) is 0 Å². The Bertz CT molecular complexity index is 894. The van der Waals surface area contributed by atoms with E-state index in [1.165, 1.54) is 0 Å². The number of hydrogen-bond donors (Lipinski definition) is 0. The van der Waals surface area contributed by atoms with Crippen molar-refractivity contribution >= 4 is 11.6 Å². The van der Waals surface area contributed by atoms with E-state index in [1.54, 1.807) is 6.26 Å². The number of likely N-dealkylation sites (tertiary alicyclic amines) is 1. The molecular formula is C20H24N4O2. The molecule has 3 aromatic rings. The number of aromatic nitrogens is 2. The lowest BCUT2D eigenvalue weighted by Crippen LogP contribution is -2.30. The second-order valence-electron chi connectivity index (χ2n) is 6.94. The number of furan rings is 1. The summed E-state index contributed by atoms with van der Waals surface area (Å²) in [7, 11) is 2.04. The lowest BCUT2D eigenvalue weighted by molar-refractivity contribution is 0.0784. The van der Waals surface area contributed by atoms with Crippen LogP contribution < -0.4 is 0 Å². The zero-order chi connectivity index (χ0) is 18.1. The second kappa shape index (κ2) is 6.96. The molecule has 1 saturated heterocycles. The molecule has 26 heavy (non-hydrogen) atoms. The van der Waals surface area contributed by atoms with E-state index in [0.717, 1.165) is 43.0 Å². The van der Waals surface area contributed by atoms with Gasteiger partial charge in [0.2, 0.25) is 0 Å². The fourth-order valence-electron chi connectivity index (χ4n) is 3.56. The molecule has 1 aliphatic rings. The minimum absolute atomic E-state index is 0.0419. The summed E-state index contributed by atoms with van der Waals surface area (Å²) >= 11 is 0. The van der Waals surface area contributed by atoms with Gasteiger partial charge in [0.25, 0.3) is 5.91 Å². The standard InChI is InChI=1S/C20H24N4O2/c1-15(17-8-7-13-26-17)22(2)14-16-19(20(25)23-10-5-6-11-23)21-18-9-3-4-12-24(16)18/h3-4,7-9,12-13,15H,5-6,10-11,14H2,1-2H3. The first-order valence-corrected chi connectivity index (χ1v) is 9.14. The van der Waals surface area contributed by atoms with Gasteiger partial charge in [-0.05, 0) is 51.1 Å². The third-order valence-corrected chi connectivity index (χ3v) is 5.24. The molecule has 136 valence electrons. The first kappa shape index (κ1) is 16.8. The smallest absolute Gasteiger partial charge is 0.274 e. The zero-order valence-electron chi connectivity index (χ0n) is 15.3. The molecule has 0 spiro atoms. The van der Waals surface area contributed by atoms with Gasteiger partial charge in [0.05, 0.1) is 18.0 Å². The largest absolute Gasteiger partial charge is 0.468 e. The molecule has 0 aliphatic carbocycles. The third kappa shape index (κ3) is 3.01. The van der Waals surface area contributed by atoms with E-state index in [0.29, 0.717) is 12.2 Å². The molecule has 0 N–H and O–H groups in total. The molecule has 3 aromatic heterocycles. The van der Waals surface area contributed by atoms with Crippen molar-refractivity contribution in [3.8, 4) is 0 Å². The molecule has 1 amide bonds. The number of carbonyl (C=O) groups excluding carboxylic acids is 1. The van der Waals surface area contributed by atoms with Crippen molar-refractivity contribution in [3.63, 3.8) is 0 Å². The summed E-state index contributed by atoms with van der Waals surface area (Å²) < 4.78 is 7.57. The predicted molar refractivity (Wildman–Crippen MR) is 98.9 cm³/mol. The Morgan fingerprint density at radius 1 is 1.27 bits per heavy atom. The van der Waals surface area contributed by atoms with E-state index < -0.39 is 0 Å². The first-order chi connectivity index (χ1) is 12.6. The number of hydrogen-bond acceptors (Lipinski definition) is 4. The monoisotopic (exact) mass is 352 g/mol. The molecule has 1 atom stereocenters. The SMILES string of the molecule is CC(c1ccco1)N(C)Cc1c(C(=O)N2CCCC2)nc2ccccn12. The van der Waals surface area contributed by atoms with Gasteiger partial charge in [0, 0.05) is 25.8 Å². The molecule has 6 nitrogen and oxygen atoms in total. The van der Waals surface area contributed by atoms with E-state index in [2.05, 4.69) is 16.8 Å². The van der Waals surface area contributed by atoms with Crippen molar-refractivity contribution < 1.29 is 9.21 Å². The minimum atomic E-state index is 0.0419. The maximum atomic E-state index is 13.0. The summed E-state index contributed by atoms with van der Waals surface area (Å²) in [5, 5.41) is 0. The Labute approximate surface area is 153 Å². The van der Waals surface area contributed by atoms with Crippen molar-refractivity contribution in [2.75, 3.05) is 20.1 Å². The molecule has 0 saturated carbocycles. The van der Waals surface area contributed by atoms with Gasteiger partial charge in [-0.3, -0.25) is 9.69 Å². The van der Waals surface area contributed by atoms with Crippen LogP contribution in [0.5, 0.6) is 0 Å². The van der Waals surface area contributed by atoms with Crippen LogP contribution in [-0.4, -0.2) is 45.2 Å². The van der Waals surface area contributed by atoms with Gasteiger partial charge in [-0.15, -0.1) is 0 Å². The maximum Gasteiger partial charge on any atom is 0.274 e. The Kier molecular flexibility index (Phi) is 4.51. The maximum absolute atomic E-state index is 13.0. The van der Waals surface area contributed by atoms with E-state index in [9.17, 15) is 4.79 Å². The Hall–Kier alpha value is -2.60. The van der Waals surface area contributed by atoms with Gasteiger partial charge < -0.3 is 13.7 Å². The van der Waals surface area contributed by atoms with Crippen molar-refractivity contribution in [3.05, 3.63) is 59.9 Å². The van der Waals surface area contributed by atoms with Crippen LogP contribution in [0, 0.1) is 0 Å². The normalized spacial score (nSPS) is 15.9. The van der Waals surface area contributed by atoms with Crippen LogP contribution in [0.4, 0.5) is 0 Å². The molecule has 0 aromatic carbocycles. The van der Waals surface area contributed by atoms with E-state index in [4.69, 9.17) is 4.42 Å². The summed E-state index contributed by atoms with van der Waals surface area (Å²) in [5.41, 5.74) is 2.30. The second-order valence-corrected chi connectivity index (χ2v) is 6.94. The van der Waals surface area contributed by atoms with Crippen molar-refractivity contribution in [1.29, 1.82) is 0 Å². The van der Waals surface area contributed by atoms with Gasteiger partial charge >= 0.3 is 0 Å². The average molecular weight is 352 g/mol. The van der Waals surface area contributed by atoms with Crippen LogP contribution in [0.3, 0.4) is 0 Å². The van der Waals surface area contributed by atoms with Crippen LogP contribution in [0.25, 0.3) is 5.65 Å². The summed E-state index contributed by atoms with van der Waals surface area (Å²) in [6.07, 6.45) is 5.81. The summed E-state index contributed by atoms with van der Waals surface area (Å²) in [6.45, 7) is 4.36. The third-order valence-electron chi connectivity index (χ3n) is 5.24. The van der Waals surface area contributed by atoms with E-state index in [-0.39, 0.29) is 11.9 Å². The molecule has 6 heteroatoms. The highest BCUT2D eigenvalue weighted by atomic mass is 16.3. The molecule has 0 radical (unpaired) electrons. The molecule has 1 fully saturated rings. The predicted octanol–water partition coefficient (Wildman–Crippen LogP) is 3.36. The number of pyridine rings is 1. The summed E-state index contributed by atoms with van der Waals surface area (Å²) in [5.74, 6) is 0.953. The highest BCUT2D eigenvalue weighted by Crippen LogP contribution is 2.24. The Morgan fingerprint density at radius 2 is 2.08 bits per heavy atom. The fraction of sp³-hybridized carbons (Fsp3) is 0.400. The van der Waals surface area contributed by atoms with Crippen LogP contribution in [0.1, 0.15) is 47.7 Å². The highest BCUT2D eigenvalue weighted by molar-refractivity contribution is 5.94. The van der Waals surface area contributed by atoms with Crippen LogP contribution in [0.2, 0.25) is 0 Å². The number of nitrogens with zero attached hydrogens (tertiary/aromatic N) is 4. The van der Waals surface area contributed by atoms with Crippen LogP contribution in [-0.2, 0) is 6.54 Å². The van der Waals surface area contributed by atoms with Crippen molar-refractivity contribution in [1.82, 2.24) is 19.2 Å². The lowest BCUT2D eigenvalue weighted by Gasteiger charge is -2.23. The van der Waals surface area contributed by atoms with Gasteiger partial charge in [0.1, 0.15) is 11.4 Å². The highest BCUT2D eigenvalue weighted by Gasteiger charge is 2.27. The number of carbonyl (C=O) groups is 1. The lowest BCUT2D eigenvalue weighted by atomic mass is 10.2. The van der Waals surface area contributed by atoms with Gasteiger partial charge in [0.15, 0.2) is 5.69 Å². The van der Waals surface area contributed by atoms with Gasteiger partial charge in [-0.1, -0.05) is 6.07 Å². The molecule has 0 bridgehead atoms. The quantitative estimate of drug-likeness (QED) is 0.707. The fourth-order valence-corrected chi connectivity index (χ4v) is 3.56. The number of fused-ring (bicyclic) bond motifs is 1. The molecule has 4 heterocycles. The van der Waals surface area contributed by atoms with Crippen LogP contribution >= 0.6 is 0 Å². The zero-order valence-corrected chi connectivity index (χ0v) is 15.3.